The van der Waals surface area contributed by atoms with Crippen molar-refractivity contribution in [1.29, 1.82) is 0 Å². The lowest BCUT2D eigenvalue weighted by Crippen LogP contribution is -2.39. The molecule has 4 nitrogen and oxygen atoms in total. The van der Waals surface area contributed by atoms with Crippen LogP contribution >= 0.6 is 0 Å². The maximum Gasteiger partial charge on any atom is 0.249 e. The first-order valence-corrected chi connectivity index (χ1v) is 6.89. The molecule has 0 radical (unpaired) electrons. The number of amides is 1. The first-order valence-electron chi connectivity index (χ1n) is 6.89. The highest BCUT2D eigenvalue weighted by Crippen LogP contribution is 2.30. The van der Waals surface area contributed by atoms with Crippen molar-refractivity contribution >= 4 is 11.9 Å². The van der Waals surface area contributed by atoms with Crippen LogP contribution in [0.1, 0.15) is 40.0 Å². The third-order valence-electron chi connectivity index (χ3n) is 3.61. The van der Waals surface area contributed by atoms with Gasteiger partial charge in [-0.15, -0.1) is 0 Å². The summed E-state index contributed by atoms with van der Waals surface area (Å²) in [4.78, 5) is 16.3. The van der Waals surface area contributed by atoms with Crippen LogP contribution in [0.15, 0.2) is 16.6 Å². The molecule has 1 heterocycles. The fourth-order valence-electron chi connectivity index (χ4n) is 2.93. The van der Waals surface area contributed by atoms with Gasteiger partial charge in [0.05, 0.1) is 0 Å². The van der Waals surface area contributed by atoms with Gasteiger partial charge in [-0.25, -0.2) is 0 Å². The van der Waals surface area contributed by atoms with Crippen LogP contribution in [-0.4, -0.2) is 24.5 Å². The lowest BCUT2D eigenvalue weighted by molar-refractivity contribution is -0.121. The Kier molecular flexibility index (Phi) is 4.04. The van der Waals surface area contributed by atoms with E-state index in [0.717, 1.165) is 25.8 Å². The van der Waals surface area contributed by atoms with E-state index in [4.69, 9.17) is 0 Å². The second-order valence-corrected chi connectivity index (χ2v) is 5.53. The van der Waals surface area contributed by atoms with Crippen molar-refractivity contribution < 1.29 is 4.79 Å². The molecule has 0 bridgehead atoms. The first kappa shape index (κ1) is 13.1. The predicted molar refractivity (Wildman–Crippen MR) is 73.3 cm³/mol. The van der Waals surface area contributed by atoms with Gasteiger partial charge in [-0.05, 0) is 38.0 Å². The fourth-order valence-corrected chi connectivity index (χ4v) is 2.93. The number of nitrogens with one attached hydrogen (secondary N) is 2. The zero-order valence-electron chi connectivity index (χ0n) is 11.5. The van der Waals surface area contributed by atoms with Gasteiger partial charge in [0.1, 0.15) is 6.04 Å². The monoisotopic (exact) mass is 249 g/mol. The van der Waals surface area contributed by atoms with Crippen LogP contribution in [0.4, 0.5) is 0 Å². The summed E-state index contributed by atoms with van der Waals surface area (Å²) in [5.41, 5.74) is 1.40. The van der Waals surface area contributed by atoms with Crippen molar-refractivity contribution in [3.63, 3.8) is 0 Å². The van der Waals surface area contributed by atoms with E-state index in [2.05, 4.69) is 42.5 Å². The number of rotatable bonds is 3. The minimum absolute atomic E-state index is 0.0803. The average molecular weight is 249 g/mol. The number of nitrogens with zero attached hydrogens (tertiary/aromatic N) is 1. The summed E-state index contributed by atoms with van der Waals surface area (Å²) in [5, 5.41) is 6.09. The Labute approximate surface area is 109 Å². The second-order valence-electron chi connectivity index (χ2n) is 5.53. The molecule has 18 heavy (non-hydrogen) atoms. The number of carbonyl (C=O) groups excluding carboxylic acids is 1. The van der Waals surface area contributed by atoms with Crippen LogP contribution < -0.4 is 10.6 Å². The Morgan fingerprint density at radius 3 is 2.94 bits per heavy atom. The molecule has 3 unspecified atom stereocenters. The Morgan fingerprint density at radius 1 is 1.50 bits per heavy atom. The molecule has 0 aromatic rings. The number of hydrogen-bond donors (Lipinski definition) is 2. The van der Waals surface area contributed by atoms with E-state index in [1.54, 1.807) is 0 Å². The lowest BCUT2D eigenvalue weighted by atomic mass is 9.79. The maximum absolute atomic E-state index is 12.0. The highest BCUT2D eigenvalue weighted by atomic mass is 16.2. The molecule has 100 valence electrons. The Hall–Kier alpha value is -1.32. The highest BCUT2D eigenvalue weighted by Gasteiger charge is 2.36. The molecule has 0 saturated carbocycles. The molecule has 0 aromatic carbocycles. The molecular weight excluding hydrogens is 226 g/mol. The SMILES string of the molecule is CCCN=C1NC(=O)C(C2CC(C)=CC(C)C2)N1. The summed E-state index contributed by atoms with van der Waals surface area (Å²) in [7, 11) is 0. The number of aliphatic imine (C=N–C) groups is 1. The van der Waals surface area contributed by atoms with Crippen molar-refractivity contribution in [3.8, 4) is 0 Å². The molecule has 4 heteroatoms. The van der Waals surface area contributed by atoms with Gasteiger partial charge >= 0.3 is 0 Å². The van der Waals surface area contributed by atoms with Crippen LogP contribution in [0.3, 0.4) is 0 Å². The molecule has 1 aliphatic heterocycles. The first-order chi connectivity index (χ1) is 8.60. The van der Waals surface area contributed by atoms with Gasteiger partial charge in [0, 0.05) is 6.54 Å². The Balaban J connectivity index is 2.02. The largest absolute Gasteiger partial charge is 0.344 e. The van der Waals surface area contributed by atoms with Crippen molar-refractivity contribution in [1.82, 2.24) is 10.6 Å². The molecule has 1 saturated heterocycles. The van der Waals surface area contributed by atoms with Gasteiger partial charge in [0.2, 0.25) is 5.91 Å². The summed E-state index contributed by atoms with van der Waals surface area (Å²) < 4.78 is 0. The van der Waals surface area contributed by atoms with Crippen LogP contribution in [0.5, 0.6) is 0 Å². The van der Waals surface area contributed by atoms with Crippen LogP contribution in [-0.2, 0) is 4.79 Å². The van der Waals surface area contributed by atoms with Crippen LogP contribution in [0.25, 0.3) is 0 Å². The summed E-state index contributed by atoms with van der Waals surface area (Å²) in [6.07, 6.45) is 5.39. The average Bonchev–Trinajstić information content (AvgIpc) is 2.66. The van der Waals surface area contributed by atoms with Gasteiger partial charge in [-0.3, -0.25) is 15.1 Å². The standard InChI is InChI=1S/C14H23N3O/c1-4-5-15-14-16-12(13(18)17-14)11-7-9(2)6-10(3)8-11/h6,9,11-12H,4-5,7-8H2,1-3H3,(H2,15,16,17,18). The number of allylic oxidation sites excluding steroid dienone is 2. The second kappa shape index (κ2) is 5.55. The summed E-state index contributed by atoms with van der Waals surface area (Å²) in [6, 6.07) is -0.105. The van der Waals surface area contributed by atoms with Gasteiger partial charge in [-0.1, -0.05) is 25.5 Å². The predicted octanol–water partition coefficient (Wildman–Crippen LogP) is 1.83. The molecule has 2 N–H and O–H groups in total. The molecule has 0 spiro atoms. The minimum atomic E-state index is -0.105. The maximum atomic E-state index is 12.0. The third kappa shape index (κ3) is 2.92. The van der Waals surface area contributed by atoms with E-state index in [1.165, 1.54) is 5.57 Å². The number of carbonyl (C=O) groups is 1. The minimum Gasteiger partial charge on any atom is -0.344 e. The third-order valence-corrected chi connectivity index (χ3v) is 3.61. The molecule has 0 aromatic heterocycles. The van der Waals surface area contributed by atoms with E-state index >= 15 is 0 Å². The van der Waals surface area contributed by atoms with Crippen molar-refractivity contribution in [2.75, 3.05) is 6.54 Å². The van der Waals surface area contributed by atoms with Gasteiger partial charge < -0.3 is 5.32 Å². The molecule has 1 aliphatic carbocycles. The highest BCUT2D eigenvalue weighted by molar-refractivity contribution is 6.06. The van der Waals surface area contributed by atoms with Crippen LogP contribution in [0, 0.1) is 11.8 Å². The van der Waals surface area contributed by atoms with E-state index in [9.17, 15) is 4.79 Å². The molecule has 1 amide bonds. The van der Waals surface area contributed by atoms with Crippen molar-refractivity contribution in [3.05, 3.63) is 11.6 Å². The lowest BCUT2D eigenvalue weighted by Gasteiger charge is -2.28. The van der Waals surface area contributed by atoms with Gasteiger partial charge in [0.15, 0.2) is 5.96 Å². The number of guanidine groups is 1. The molecular formula is C14H23N3O. The molecule has 2 aliphatic rings. The quantitative estimate of drug-likeness (QED) is 0.750. The Bertz CT molecular complexity index is 387. The summed E-state index contributed by atoms with van der Waals surface area (Å²) >= 11 is 0. The van der Waals surface area contributed by atoms with Crippen LogP contribution in [0.2, 0.25) is 0 Å². The molecule has 3 atom stereocenters. The molecule has 2 rings (SSSR count). The molecule has 1 fully saturated rings. The zero-order chi connectivity index (χ0) is 13.1. The summed E-state index contributed by atoms with van der Waals surface area (Å²) in [6.45, 7) is 7.21. The fraction of sp³-hybridized carbons (Fsp3) is 0.714. The van der Waals surface area contributed by atoms with E-state index < -0.39 is 0 Å². The van der Waals surface area contributed by atoms with E-state index in [-0.39, 0.29) is 11.9 Å². The van der Waals surface area contributed by atoms with Gasteiger partial charge in [0.25, 0.3) is 0 Å². The van der Waals surface area contributed by atoms with E-state index in [0.29, 0.717) is 17.8 Å². The topological polar surface area (TPSA) is 53.5 Å². The Morgan fingerprint density at radius 2 is 2.28 bits per heavy atom. The van der Waals surface area contributed by atoms with Gasteiger partial charge in [-0.2, -0.15) is 0 Å². The zero-order valence-corrected chi connectivity index (χ0v) is 11.5. The van der Waals surface area contributed by atoms with E-state index in [1.807, 2.05) is 0 Å². The smallest absolute Gasteiger partial charge is 0.249 e. The normalized spacial score (nSPS) is 34.2. The number of hydrogen-bond acceptors (Lipinski definition) is 2. The summed E-state index contributed by atoms with van der Waals surface area (Å²) in [5.74, 6) is 1.69. The van der Waals surface area contributed by atoms with Crippen molar-refractivity contribution in [2.24, 2.45) is 16.8 Å². The van der Waals surface area contributed by atoms with Crippen molar-refractivity contribution in [2.45, 2.75) is 46.1 Å².